The zero-order chi connectivity index (χ0) is 12.7. The number of alkyl carbamates (subject to hydrolysis) is 1. The van der Waals surface area contributed by atoms with E-state index in [4.69, 9.17) is 9.15 Å². The van der Waals surface area contributed by atoms with Gasteiger partial charge in [-0.1, -0.05) is 0 Å². The predicted octanol–water partition coefficient (Wildman–Crippen LogP) is 1.29. The Morgan fingerprint density at radius 2 is 2.24 bits per heavy atom. The molecule has 1 rings (SSSR count). The van der Waals surface area contributed by atoms with E-state index in [0.29, 0.717) is 19.6 Å². The summed E-state index contributed by atoms with van der Waals surface area (Å²) < 4.78 is 10.1. The molecule has 6 heteroatoms. The number of oxazole rings is 1. The molecule has 1 aromatic heterocycles. The summed E-state index contributed by atoms with van der Waals surface area (Å²) in [6.07, 6.45) is 2.63. The zero-order valence-electron chi connectivity index (χ0n) is 10.4. The highest BCUT2D eigenvalue weighted by Crippen LogP contribution is 2.05. The Hall–Kier alpha value is -1.56. The van der Waals surface area contributed by atoms with Gasteiger partial charge in [0.15, 0.2) is 6.39 Å². The van der Waals surface area contributed by atoms with E-state index in [1.54, 1.807) is 6.20 Å². The van der Waals surface area contributed by atoms with E-state index >= 15 is 0 Å². The third-order valence-corrected chi connectivity index (χ3v) is 1.75. The third-order valence-electron chi connectivity index (χ3n) is 1.75. The van der Waals surface area contributed by atoms with Gasteiger partial charge >= 0.3 is 6.09 Å². The van der Waals surface area contributed by atoms with E-state index in [9.17, 15) is 4.79 Å². The Labute approximate surface area is 101 Å². The quantitative estimate of drug-likeness (QED) is 0.760. The summed E-state index contributed by atoms with van der Waals surface area (Å²) in [6.45, 7) is 7.22. The van der Waals surface area contributed by atoms with Gasteiger partial charge in [-0.3, -0.25) is 0 Å². The first-order chi connectivity index (χ1) is 7.97. The number of nitrogens with one attached hydrogen (secondary N) is 2. The summed E-state index contributed by atoms with van der Waals surface area (Å²) >= 11 is 0. The lowest BCUT2D eigenvalue weighted by molar-refractivity contribution is 0.0528. The smallest absolute Gasteiger partial charge is 0.407 e. The first-order valence-corrected chi connectivity index (χ1v) is 5.52. The monoisotopic (exact) mass is 241 g/mol. The molecule has 0 spiro atoms. The van der Waals surface area contributed by atoms with Crippen molar-refractivity contribution in [2.24, 2.45) is 0 Å². The van der Waals surface area contributed by atoms with Crippen LogP contribution in [0.1, 0.15) is 26.5 Å². The van der Waals surface area contributed by atoms with Gasteiger partial charge in [0.1, 0.15) is 11.4 Å². The molecule has 0 atom stereocenters. The van der Waals surface area contributed by atoms with E-state index in [1.807, 2.05) is 20.8 Å². The number of amides is 1. The van der Waals surface area contributed by atoms with Crippen molar-refractivity contribution in [2.75, 3.05) is 13.1 Å². The number of carbonyl (C=O) groups is 1. The van der Waals surface area contributed by atoms with Crippen molar-refractivity contribution in [3.63, 3.8) is 0 Å². The number of hydrogen-bond acceptors (Lipinski definition) is 5. The van der Waals surface area contributed by atoms with E-state index in [1.165, 1.54) is 6.39 Å². The summed E-state index contributed by atoms with van der Waals surface area (Å²) in [7, 11) is 0. The molecule has 2 N–H and O–H groups in total. The molecule has 0 unspecified atom stereocenters. The third kappa shape index (κ3) is 6.57. The first kappa shape index (κ1) is 13.5. The largest absolute Gasteiger partial charge is 0.447 e. The van der Waals surface area contributed by atoms with Crippen LogP contribution in [-0.4, -0.2) is 29.8 Å². The van der Waals surface area contributed by atoms with Crippen LogP contribution < -0.4 is 10.6 Å². The molecule has 1 heterocycles. The van der Waals surface area contributed by atoms with Crippen molar-refractivity contribution < 1.29 is 13.9 Å². The second-order valence-corrected chi connectivity index (χ2v) is 4.57. The molecule has 0 aliphatic rings. The lowest BCUT2D eigenvalue weighted by atomic mass is 10.2. The number of rotatable bonds is 5. The second-order valence-electron chi connectivity index (χ2n) is 4.57. The molecule has 0 aliphatic heterocycles. The summed E-state index contributed by atoms with van der Waals surface area (Å²) in [5.41, 5.74) is -0.461. The van der Waals surface area contributed by atoms with Crippen molar-refractivity contribution in [3.8, 4) is 0 Å². The van der Waals surface area contributed by atoms with Crippen LogP contribution in [-0.2, 0) is 11.3 Å². The minimum atomic E-state index is -0.461. The lowest BCUT2D eigenvalue weighted by Gasteiger charge is -2.19. The summed E-state index contributed by atoms with van der Waals surface area (Å²) in [5, 5.41) is 5.75. The number of hydrogen-bond donors (Lipinski definition) is 2. The van der Waals surface area contributed by atoms with Gasteiger partial charge in [-0.15, -0.1) is 0 Å². The normalized spacial score (nSPS) is 11.2. The van der Waals surface area contributed by atoms with Crippen LogP contribution in [0.15, 0.2) is 17.0 Å². The average Bonchev–Trinajstić information content (AvgIpc) is 2.67. The number of carbonyl (C=O) groups excluding carboxylic acids is 1. The molecule has 0 saturated heterocycles. The fraction of sp³-hybridized carbons (Fsp3) is 0.636. The number of aromatic nitrogens is 1. The Bertz CT molecular complexity index is 330. The summed E-state index contributed by atoms with van der Waals surface area (Å²) in [6, 6.07) is 0. The van der Waals surface area contributed by atoms with Crippen molar-refractivity contribution in [1.82, 2.24) is 15.6 Å². The molecule has 0 fully saturated rings. The molecular weight excluding hydrogens is 222 g/mol. The van der Waals surface area contributed by atoms with E-state index < -0.39 is 11.7 Å². The van der Waals surface area contributed by atoms with Gasteiger partial charge in [-0.2, -0.15) is 0 Å². The summed E-state index contributed by atoms with van der Waals surface area (Å²) in [5.74, 6) is 0.766. The lowest BCUT2D eigenvalue weighted by Crippen LogP contribution is -2.36. The summed E-state index contributed by atoms with van der Waals surface area (Å²) in [4.78, 5) is 15.1. The Morgan fingerprint density at radius 1 is 1.47 bits per heavy atom. The minimum Gasteiger partial charge on any atom is -0.447 e. The van der Waals surface area contributed by atoms with Gasteiger partial charge in [0, 0.05) is 13.1 Å². The van der Waals surface area contributed by atoms with E-state index in [0.717, 1.165) is 5.76 Å². The molecule has 1 amide bonds. The topological polar surface area (TPSA) is 76.4 Å². The highest BCUT2D eigenvalue weighted by Gasteiger charge is 2.15. The average molecular weight is 241 g/mol. The van der Waals surface area contributed by atoms with Crippen molar-refractivity contribution >= 4 is 6.09 Å². The molecule has 0 radical (unpaired) electrons. The van der Waals surface area contributed by atoms with Crippen molar-refractivity contribution in [3.05, 3.63) is 18.4 Å². The van der Waals surface area contributed by atoms with Crippen molar-refractivity contribution in [2.45, 2.75) is 32.9 Å². The second kappa shape index (κ2) is 6.24. The fourth-order valence-corrected chi connectivity index (χ4v) is 1.11. The molecule has 6 nitrogen and oxygen atoms in total. The van der Waals surface area contributed by atoms with Crippen LogP contribution in [0.3, 0.4) is 0 Å². The fourth-order valence-electron chi connectivity index (χ4n) is 1.11. The van der Waals surface area contributed by atoms with Crippen LogP contribution in [0.25, 0.3) is 0 Å². The number of ether oxygens (including phenoxy) is 1. The van der Waals surface area contributed by atoms with Gasteiger partial charge in [0.05, 0.1) is 12.7 Å². The Balaban J connectivity index is 2.02. The maximum Gasteiger partial charge on any atom is 0.407 e. The first-order valence-electron chi connectivity index (χ1n) is 5.52. The highest BCUT2D eigenvalue weighted by molar-refractivity contribution is 5.67. The van der Waals surface area contributed by atoms with Crippen LogP contribution in [0.4, 0.5) is 4.79 Å². The standard InChI is InChI=1S/C11H19N3O3/c1-11(2,3)17-10(15)14-5-4-12-6-9-7-13-8-16-9/h7-8,12H,4-6H2,1-3H3,(H,14,15). The minimum absolute atomic E-state index is 0.404. The maximum atomic E-state index is 11.3. The Kier molecular flexibility index (Phi) is 4.96. The van der Waals surface area contributed by atoms with Crippen LogP contribution in [0, 0.1) is 0 Å². The van der Waals surface area contributed by atoms with E-state index in [-0.39, 0.29) is 0 Å². The van der Waals surface area contributed by atoms with Crippen LogP contribution in [0.5, 0.6) is 0 Å². The predicted molar refractivity (Wildman–Crippen MR) is 62.4 cm³/mol. The zero-order valence-corrected chi connectivity index (χ0v) is 10.4. The molecule has 96 valence electrons. The number of nitrogens with zero attached hydrogens (tertiary/aromatic N) is 1. The van der Waals surface area contributed by atoms with Gasteiger partial charge in [-0.25, -0.2) is 9.78 Å². The molecule has 0 bridgehead atoms. The Morgan fingerprint density at radius 3 is 2.82 bits per heavy atom. The van der Waals surface area contributed by atoms with Gasteiger partial charge in [-0.05, 0) is 20.8 Å². The highest BCUT2D eigenvalue weighted by atomic mass is 16.6. The molecule has 17 heavy (non-hydrogen) atoms. The molecule has 0 saturated carbocycles. The molecule has 0 aromatic carbocycles. The molecule has 1 aromatic rings. The van der Waals surface area contributed by atoms with Crippen LogP contribution >= 0.6 is 0 Å². The van der Waals surface area contributed by atoms with Gasteiger partial charge in [0.2, 0.25) is 0 Å². The van der Waals surface area contributed by atoms with E-state index in [2.05, 4.69) is 15.6 Å². The SMILES string of the molecule is CC(C)(C)OC(=O)NCCNCc1cnco1. The van der Waals surface area contributed by atoms with Crippen LogP contribution in [0.2, 0.25) is 0 Å². The van der Waals surface area contributed by atoms with Crippen molar-refractivity contribution in [1.29, 1.82) is 0 Å². The maximum absolute atomic E-state index is 11.3. The van der Waals surface area contributed by atoms with Gasteiger partial charge in [0.25, 0.3) is 0 Å². The van der Waals surface area contributed by atoms with Gasteiger partial charge < -0.3 is 19.8 Å². The molecule has 0 aliphatic carbocycles. The molecular formula is C11H19N3O3.